The van der Waals surface area contributed by atoms with Crippen LogP contribution in [0.1, 0.15) is 42.1 Å². The third-order valence-corrected chi connectivity index (χ3v) is 3.67. The molecule has 0 aliphatic rings. The number of halogens is 1. The van der Waals surface area contributed by atoms with E-state index < -0.39 is 0 Å². The summed E-state index contributed by atoms with van der Waals surface area (Å²) in [6.07, 6.45) is 1.11. The number of rotatable bonds is 4. The van der Waals surface area contributed by atoms with Crippen LogP contribution in [0.4, 0.5) is 5.69 Å². The highest BCUT2D eigenvalue weighted by atomic mass is 35.5. The Balaban J connectivity index is 2.08. The first-order valence-electron chi connectivity index (χ1n) is 6.77. The van der Waals surface area contributed by atoms with Gasteiger partial charge in [0, 0.05) is 16.3 Å². The van der Waals surface area contributed by atoms with Crippen molar-refractivity contribution in [3.63, 3.8) is 0 Å². The monoisotopic (exact) mass is 287 g/mol. The molecule has 2 aromatic rings. The van der Waals surface area contributed by atoms with Gasteiger partial charge in [-0.3, -0.25) is 4.79 Å². The van der Waals surface area contributed by atoms with Crippen molar-refractivity contribution in [3.8, 4) is 0 Å². The second-order valence-electron chi connectivity index (χ2n) is 4.90. The maximum absolute atomic E-state index is 12.1. The summed E-state index contributed by atoms with van der Waals surface area (Å²) in [5.41, 5.74) is 2.64. The van der Waals surface area contributed by atoms with Crippen molar-refractivity contribution in [2.24, 2.45) is 0 Å². The number of hydrogen-bond donors (Lipinski definition) is 1. The van der Waals surface area contributed by atoms with Gasteiger partial charge in [-0.05, 0) is 48.2 Å². The molecule has 0 aliphatic carbocycles. The Morgan fingerprint density at radius 1 is 1.20 bits per heavy atom. The lowest BCUT2D eigenvalue weighted by Crippen LogP contribution is -2.11. The molecule has 0 aliphatic heterocycles. The van der Waals surface area contributed by atoms with Gasteiger partial charge in [0.25, 0.3) is 5.91 Å². The van der Waals surface area contributed by atoms with E-state index in [0.29, 0.717) is 16.5 Å². The van der Waals surface area contributed by atoms with E-state index in [0.717, 1.165) is 12.1 Å². The van der Waals surface area contributed by atoms with Gasteiger partial charge in [0.15, 0.2) is 0 Å². The van der Waals surface area contributed by atoms with E-state index in [2.05, 4.69) is 31.3 Å². The maximum Gasteiger partial charge on any atom is 0.255 e. The van der Waals surface area contributed by atoms with Crippen LogP contribution in [-0.4, -0.2) is 5.91 Å². The molecule has 1 atom stereocenters. The Morgan fingerprint density at radius 3 is 2.50 bits per heavy atom. The fourth-order valence-corrected chi connectivity index (χ4v) is 2.15. The number of amides is 1. The highest BCUT2D eigenvalue weighted by molar-refractivity contribution is 6.31. The molecule has 3 heteroatoms. The summed E-state index contributed by atoms with van der Waals surface area (Å²) in [6.45, 7) is 4.36. The smallest absolute Gasteiger partial charge is 0.255 e. The second kappa shape index (κ2) is 6.58. The zero-order valence-electron chi connectivity index (χ0n) is 11.7. The van der Waals surface area contributed by atoms with Gasteiger partial charge in [-0.1, -0.05) is 43.6 Å². The van der Waals surface area contributed by atoms with Crippen molar-refractivity contribution in [2.75, 3.05) is 5.32 Å². The highest BCUT2D eigenvalue weighted by Gasteiger charge is 2.07. The number of carbonyl (C=O) groups excluding carboxylic acids is 1. The number of benzene rings is 2. The van der Waals surface area contributed by atoms with Gasteiger partial charge in [0.1, 0.15) is 0 Å². The summed E-state index contributed by atoms with van der Waals surface area (Å²) >= 11 is 5.88. The van der Waals surface area contributed by atoms with Crippen molar-refractivity contribution in [1.82, 2.24) is 0 Å². The molecule has 0 bridgehead atoms. The Morgan fingerprint density at radius 2 is 1.90 bits per heavy atom. The van der Waals surface area contributed by atoms with E-state index in [4.69, 9.17) is 11.6 Å². The molecule has 2 rings (SSSR count). The summed E-state index contributed by atoms with van der Waals surface area (Å²) in [5, 5.41) is 3.43. The van der Waals surface area contributed by atoms with Crippen molar-refractivity contribution in [3.05, 3.63) is 64.7 Å². The first-order chi connectivity index (χ1) is 9.60. The molecular weight excluding hydrogens is 270 g/mol. The van der Waals surface area contributed by atoms with Crippen molar-refractivity contribution in [2.45, 2.75) is 26.2 Å². The summed E-state index contributed by atoms with van der Waals surface area (Å²) in [5.74, 6) is 0.386. The molecule has 0 spiro atoms. The molecular formula is C17H18ClNO. The van der Waals surface area contributed by atoms with Crippen LogP contribution in [0.25, 0.3) is 0 Å². The van der Waals surface area contributed by atoms with E-state index in [-0.39, 0.29) is 5.91 Å². The van der Waals surface area contributed by atoms with Gasteiger partial charge in [-0.25, -0.2) is 0 Å². The molecule has 2 aromatic carbocycles. The number of carbonyl (C=O) groups is 1. The average molecular weight is 288 g/mol. The largest absolute Gasteiger partial charge is 0.322 e. The molecule has 104 valence electrons. The van der Waals surface area contributed by atoms with Gasteiger partial charge in [0.2, 0.25) is 0 Å². The molecule has 0 heterocycles. The molecule has 1 unspecified atom stereocenters. The molecule has 2 nitrogen and oxygen atoms in total. The third kappa shape index (κ3) is 3.61. The van der Waals surface area contributed by atoms with E-state index in [9.17, 15) is 4.79 Å². The van der Waals surface area contributed by atoms with E-state index in [1.54, 1.807) is 24.3 Å². The van der Waals surface area contributed by atoms with E-state index >= 15 is 0 Å². The normalized spacial score (nSPS) is 11.9. The summed E-state index contributed by atoms with van der Waals surface area (Å²) in [6, 6.07) is 14.9. The third-order valence-electron chi connectivity index (χ3n) is 3.44. The van der Waals surface area contributed by atoms with Gasteiger partial charge < -0.3 is 5.32 Å². The first kappa shape index (κ1) is 14.6. The van der Waals surface area contributed by atoms with Gasteiger partial charge in [-0.15, -0.1) is 0 Å². The highest BCUT2D eigenvalue weighted by Crippen LogP contribution is 2.21. The van der Waals surface area contributed by atoms with Crippen LogP contribution in [0.2, 0.25) is 5.02 Å². The van der Waals surface area contributed by atoms with E-state index in [1.807, 2.05) is 12.1 Å². The van der Waals surface area contributed by atoms with Crippen LogP contribution < -0.4 is 5.32 Å². The predicted molar refractivity (Wildman–Crippen MR) is 84.6 cm³/mol. The molecule has 0 radical (unpaired) electrons. The Kier molecular flexibility index (Phi) is 4.80. The zero-order valence-corrected chi connectivity index (χ0v) is 12.4. The van der Waals surface area contributed by atoms with Crippen molar-refractivity contribution < 1.29 is 4.79 Å². The van der Waals surface area contributed by atoms with Crippen molar-refractivity contribution >= 4 is 23.2 Å². The predicted octanol–water partition coefficient (Wildman–Crippen LogP) is 5.11. The minimum absolute atomic E-state index is 0.149. The summed E-state index contributed by atoms with van der Waals surface area (Å²) in [4.78, 5) is 12.1. The van der Waals surface area contributed by atoms with Crippen LogP contribution in [0, 0.1) is 0 Å². The van der Waals surface area contributed by atoms with Gasteiger partial charge >= 0.3 is 0 Å². The van der Waals surface area contributed by atoms with Crippen molar-refractivity contribution in [1.29, 1.82) is 0 Å². The number of anilines is 1. The minimum atomic E-state index is -0.149. The van der Waals surface area contributed by atoms with Crippen LogP contribution >= 0.6 is 11.6 Å². The minimum Gasteiger partial charge on any atom is -0.322 e. The van der Waals surface area contributed by atoms with Crippen LogP contribution in [-0.2, 0) is 0 Å². The Hall–Kier alpha value is -1.80. The summed E-state index contributed by atoms with van der Waals surface area (Å²) < 4.78 is 0. The van der Waals surface area contributed by atoms with Crippen LogP contribution in [0.3, 0.4) is 0 Å². The molecule has 0 saturated heterocycles. The molecule has 1 N–H and O–H groups in total. The standard InChI is InChI=1S/C17H18ClNO/c1-3-12(2)13-7-9-16(10-8-13)19-17(20)14-5-4-6-15(18)11-14/h4-12H,3H2,1-2H3,(H,19,20). The molecule has 1 amide bonds. The molecule has 0 fully saturated rings. The first-order valence-corrected chi connectivity index (χ1v) is 7.15. The maximum atomic E-state index is 12.1. The number of nitrogens with one attached hydrogen (secondary N) is 1. The number of hydrogen-bond acceptors (Lipinski definition) is 1. The fourth-order valence-electron chi connectivity index (χ4n) is 1.96. The van der Waals surface area contributed by atoms with Crippen LogP contribution in [0.15, 0.2) is 48.5 Å². The summed E-state index contributed by atoms with van der Waals surface area (Å²) in [7, 11) is 0. The topological polar surface area (TPSA) is 29.1 Å². The quantitative estimate of drug-likeness (QED) is 0.832. The second-order valence-corrected chi connectivity index (χ2v) is 5.33. The molecule has 0 saturated carbocycles. The van der Waals surface area contributed by atoms with Gasteiger partial charge in [-0.2, -0.15) is 0 Å². The zero-order chi connectivity index (χ0) is 14.5. The SMILES string of the molecule is CCC(C)c1ccc(NC(=O)c2cccc(Cl)c2)cc1. The lowest BCUT2D eigenvalue weighted by molar-refractivity contribution is 0.102. The fraction of sp³-hybridized carbons (Fsp3) is 0.235. The van der Waals surface area contributed by atoms with Gasteiger partial charge in [0.05, 0.1) is 0 Å². The molecule has 20 heavy (non-hydrogen) atoms. The molecule has 0 aromatic heterocycles. The lowest BCUT2D eigenvalue weighted by atomic mass is 9.98. The van der Waals surface area contributed by atoms with E-state index in [1.165, 1.54) is 5.56 Å². The van der Waals surface area contributed by atoms with Crippen LogP contribution in [0.5, 0.6) is 0 Å². The Labute approximate surface area is 124 Å². The Bertz CT molecular complexity index is 592. The lowest BCUT2D eigenvalue weighted by Gasteiger charge is -2.10. The average Bonchev–Trinajstić information content (AvgIpc) is 2.47.